The van der Waals surface area contributed by atoms with E-state index >= 15 is 0 Å². The van der Waals surface area contributed by atoms with Crippen molar-refractivity contribution in [3.63, 3.8) is 0 Å². The van der Waals surface area contributed by atoms with Crippen molar-refractivity contribution in [1.82, 2.24) is 4.90 Å². The summed E-state index contributed by atoms with van der Waals surface area (Å²) in [6.07, 6.45) is -2.94. The molecule has 0 aromatic heterocycles. The van der Waals surface area contributed by atoms with Crippen LogP contribution in [0.3, 0.4) is 0 Å². The molecule has 98 valence electrons. The van der Waals surface area contributed by atoms with Gasteiger partial charge in [0.05, 0.1) is 0 Å². The van der Waals surface area contributed by atoms with E-state index in [1.165, 1.54) is 12.1 Å². The summed E-state index contributed by atoms with van der Waals surface area (Å²) in [6, 6.07) is 5.98. The number of halogens is 3. The highest BCUT2D eigenvalue weighted by Gasteiger charge is 2.26. The van der Waals surface area contributed by atoms with Gasteiger partial charge in [-0.05, 0) is 24.3 Å². The van der Waals surface area contributed by atoms with E-state index < -0.39 is 12.3 Å². The molecule has 0 unspecified atom stereocenters. The van der Waals surface area contributed by atoms with E-state index in [0.29, 0.717) is 13.1 Å². The minimum atomic E-state index is -2.94. The van der Waals surface area contributed by atoms with E-state index in [4.69, 9.17) is 0 Å². The van der Waals surface area contributed by atoms with Crippen molar-refractivity contribution < 1.29 is 18.0 Å². The highest BCUT2D eigenvalue weighted by atomic mass is 19.3. The van der Waals surface area contributed by atoms with Crippen LogP contribution >= 0.6 is 0 Å². The molecule has 1 aromatic rings. The first kappa shape index (κ1) is 12.7. The number of hydrogen-bond donors (Lipinski definition) is 0. The summed E-state index contributed by atoms with van der Waals surface area (Å²) in [4.78, 5) is 14.2. The Balaban J connectivity index is 1.94. The number of alkyl halides is 2. The van der Waals surface area contributed by atoms with Gasteiger partial charge in [0, 0.05) is 31.9 Å². The van der Waals surface area contributed by atoms with Gasteiger partial charge in [-0.2, -0.15) is 8.78 Å². The van der Waals surface area contributed by atoms with Gasteiger partial charge in [0.2, 0.25) is 0 Å². The molecule has 0 bridgehead atoms. The van der Waals surface area contributed by atoms with Crippen LogP contribution in [-0.2, 0) is 4.79 Å². The maximum atomic E-state index is 12.8. The molecule has 18 heavy (non-hydrogen) atoms. The van der Waals surface area contributed by atoms with Crippen LogP contribution < -0.4 is 4.90 Å². The minimum absolute atomic E-state index is 0.264. The standard InChI is InChI=1S/C12H13F3N2O/c13-9-1-3-10(4-2-9)16-5-7-17(8-6-16)12(18)11(14)15/h1-4,11H,5-8H2. The maximum Gasteiger partial charge on any atom is 0.315 e. The lowest BCUT2D eigenvalue weighted by molar-refractivity contribution is -0.143. The quantitative estimate of drug-likeness (QED) is 0.806. The van der Waals surface area contributed by atoms with Gasteiger partial charge < -0.3 is 9.80 Å². The van der Waals surface area contributed by atoms with Crippen molar-refractivity contribution in [3.05, 3.63) is 30.1 Å². The van der Waals surface area contributed by atoms with Crippen LogP contribution in [0.25, 0.3) is 0 Å². The van der Waals surface area contributed by atoms with Gasteiger partial charge in [-0.25, -0.2) is 4.39 Å². The lowest BCUT2D eigenvalue weighted by atomic mass is 10.2. The number of piperazine rings is 1. The molecule has 1 aliphatic heterocycles. The predicted octanol–water partition coefficient (Wildman–Crippen LogP) is 1.74. The molecule has 1 aromatic carbocycles. The second-order valence-corrected chi connectivity index (χ2v) is 4.09. The van der Waals surface area contributed by atoms with Crippen LogP contribution in [0.4, 0.5) is 18.9 Å². The van der Waals surface area contributed by atoms with Crippen LogP contribution in [0.2, 0.25) is 0 Å². The Kier molecular flexibility index (Phi) is 3.74. The summed E-state index contributed by atoms with van der Waals surface area (Å²) < 4.78 is 37.2. The maximum absolute atomic E-state index is 12.8. The van der Waals surface area contributed by atoms with E-state index in [0.717, 1.165) is 10.6 Å². The third-order valence-electron chi connectivity index (χ3n) is 2.97. The van der Waals surface area contributed by atoms with E-state index in [2.05, 4.69) is 0 Å². The van der Waals surface area contributed by atoms with E-state index in [-0.39, 0.29) is 18.9 Å². The topological polar surface area (TPSA) is 23.6 Å². The monoisotopic (exact) mass is 258 g/mol. The van der Waals surface area contributed by atoms with Gasteiger partial charge in [-0.1, -0.05) is 0 Å². The fraction of sp³-hybridized carbons (Fsp3) is 0.417. The number of carbonyl (C=O) groups excluding carboxylic acids is 1. The van der Waals surface area contributed by atoms with Crippen molar-refractivity contribution in [1.29, 1.82) is 0 Å². The number of benzene rings is 1. The number of amides is 1. The van der Waals surface area contributed by atoms with Gasteiger partial charge in [0.1, 0.15) is 5.82 Å². The van der Waals surface area contributed by atoms with E-state index in [1.54, 1.807) is 12.1 Å². The molecular formula is C12H13F3N2O. The van der Waals surface area contributed by atoms with Gasteiger partial charge >= 0.3 is 6.43 Å². The molecule has 1 heterocycles. The number of carbonyl (C=O) groups is 1. The summed E-state index contributed by atoms with van der Waals surface area (Å²) in [5, 5.41) is 0. The fourth-order valence-corrected chi connectivity index (χ4v) is 1.97. The second-order valence-electron chi connectivity index (χ2n) is 4.09. The highest BCUT2D eigenvalue weighted by molar-refractivity contribution is 5.79. The molecule has 0 N–H and O–H groups in total. The Bertz CT molecular complexity index is 414. The van der Waals surface area contributed by atoms with E-state index in [1.807, 2.05) is 4.90 Å². The average molecular weight is 258 g/mol. The molecule has 0 saturated carbocycles. The Hall–Kier alpha value is -1.72. The molecule has 3 nitrogen and oxygen atoms in total. The van der Waals surface area contributed by atoms with Crippen LogP contribution in [-0.4, -0.2) is 43.4 Å². The number of rotatable bonds is 2. The number of hydrogen-bond acceptors (Lipinski definition) is 2. The third kappa shape index (κ3) is 2.75. The zero-order valence-corrected chi connectivity index (χ0v) is 9.65. The Labute approximate surface area is 103 Å². The average Bonchev–Trinajstić information content (AvgIpc) is 2.39. The van der Waals surface area contributed by atoms with Gasteiger partial charge in [-0.15, -0.1) is 0 Å². The van der Waals surface area contributed by atoms with E-state index in [9.17, 15) is 18.0 Å². The molecule has 0 radical (unpaired) electrons. The van der Waals surface area contributed by atoms with Crippen LogP contribution in [0, 0.1) is 5.82 Å². The Morgan fingerprint density at radius 2 is 1.61 bits per heavy atom. The van der Waals surface area contributed by atoms with Crippen LogP contribution in [0.5, 0.6) is 0 Å². The fourth-order valence-electron chi connectivity index (χ4n) is 1.97. The summed E-state index contributed by atoms with van der Waals surface area (Å²) in [5.74, 6) is -1.43. The third-order valence-corrected chi connectivity index (χ3v) is 2.97. The molecule has 6 heteroatoms. The lowest BCUT2D eigenvalue weighted by Crippen LogP contribution is -2.50. The zero-order valence-electron chi connectivity index (χ0n) is 9.65. The Morgan fingerprint density at radius 3 is 2.11 bits per heavy atom. The first-order valence-corrected chi connectivity index (χ1v) is 5.65. The summed E-state index contributed by atoms with van der Waals surface area (Å²) in [5.41, 5.74) is 0.834. The largest absolute Gasteiger partial charge is 0.368 e. The molecule has 0 atom stereocenters. The Morgan fingerprint density at radius 1 is 1.06 bits per heavy atom. The first-order valence-electron chi connectivity index (χ1n) is 5.65. The summed E-state index contributed by atoms with van der Waals surface area (Å²) in [7, 11) is 0. The molecule has 1 saturated heterocycles. The smallest absolute Gasteiger partial charge is 0.315 e. The highest BCUT2D eigenvalue weighted by Crippen LogP contribution is 2.17. The molecule has 2 rings (SSSR count). The molecule has 1 aliphatic rings. The van der Waals surface area contributed by atoms with Gasteiger partial charge in [0.15, 0.2) is 0 Å². The SMILES string of the molecule is O=C(C(F)F)N1CCN(c2ccc(F)cc2)CC1. The van der Waals surface area contributed by atoms with Crippen molar-refractivity contribution in [2.24, 2.45) is 0 Å². The molecule has 0 aliphatic carbocycles. The summed E-state index contributed by atoms with van der Waals surface area (Å²) >= 11 is 0. The number of nitrogens with zero attached hydrogens (tertiary/aromatic N) is 2. The number of anilines is 1. The van der Waals surface area contributed by atoms with Crippen molar-refractivity contribution in [2.75, 3.05) is 31.1 Å². The van der Waals surface area contributed by atoms with Crippen LogP contribution in [0.15, 0.2) is 24.3 Å². The predicted molar refractivity (Wildman–Crippen MR) is 61.2 cm³/mol. The van der Waals surface area contributed by atoms with Crippen molar-refractivity contribution >= 4 is 11.6 Å². The van der Waals surface area contributed by atoms with Crippen molar-refractivity contribution in [3.8, 4) is 0 Å². The minimum Gasteiger partial charge on any atom is -0.368 e. The van der Waals surface area contributed by atoms with Gasteiger partial charge in [0.25, 0.3) is 5.91 Å². The molecule has 1 fully saturated rings. The van der Waals surface area contributed by atoms with Crippen molar-refractivity contribution in [2.45, 2.75) is 6.43 Å². The first-order chi connectivity index (χ1) is 8.58. The lowest BCUT2D eigenvalue weighted by Gasteiger charge is -2.35. The summed E-state index contributed by atoms with van der Waals surface area (Å²) in [6.45, 7) is 1.48. The normalized spacial score (nSPS) is 16.2. The van der Waals surface area contributed by atoms with Gasteiger partial charge in [-0.3, -0.25) is 4.79 Å². The molecule has 1 amide bonds. The van der Waals surface area contributed by atoms with Crippen LogP contribution in [0.1, 0.15) is 0 Å². The second kappa shape index (κ2) is 5.29. The zero-order chi connectivity index (χ0) is 13.1. The molecular weight excluding hydrogens is 245 g/mol. The molecule has 0 spiro atoms.